The highest BCUT2D eigenvalue weighted by atomic mass is 32.2. The highest BCUT2D eigenvalue weighted by molar-refractivity contribution is 7.88. The Morgan fingerprint density at radius 2 is 2.12 bits per heavy atom. The quantitative estimate of drug-likeness (QED) is 0.278. The fraction of sp³-hybridized carbons (Fsp3) is 0.889. The molecule has 102 valence electrons. The summed E-state index contributed by atoms with van der Waals surface area (Å²) < 4.78 is 29.0. The molecule has 0 amide bonds. The summed E-state index contributed by atoms with van der Waals surface area (Å²) in [6, 6.07) is 0. The number of sulfonamides is 1. The molecule has 0 aliphatic carbocycles. The van der Waals surface area contributed by atoms with Crippen molar-refractivity contribution in [3.8, 4) is 0 Å². The maximum Gasteiger partial charge on any atom is 0.208 e. The number of nitrogens with zero attached hydrogens (tertiary/aromatic N) is 1. The Balaban J connectivity index is 3.51. The lowest BCUT2D eigenvalue weighted by Gasteiger charge is -2.06. The van der Waals surface area contributed by atoms with Crippen LogP contribution in [0.15, 0.2) is 4.99 Å². The fourth-order valence-corrected chi connectivity index (χ4v) is 1.47. The van der Waals surface area contributed by atoms with Crippen molar-refractivity contribution in [2.75, 3.05) is 39.1 Å². The van der Waals surface area contributed by atoms with E-state index < -0.39 is 10.0 Å². The van der Waals surface area contributed by atoms with E-state index in [4.69, 9.17) is 10.5 Å². The highest BCUT2D eigenvalue weighted by Crippen LogP contribution is 1.83. The van der Waals surface area contributed by atoms with Gasteiger partial charge in [-0.15, -0.1) is 0 Å². The minimum atomic E-state index is -3.14. The number of hydrogen-bond donors (Lipinski definition) is 3. The molecule has 0 aromatic rings. The molecule has 0 bridgehead atoms. The Bertz CT molecular complexity index is 316. The van der Waals surface area contributed by atoms with Crippen LogP contribution in [0, 0.1) is 0 Å². The molecular weight excluding hydrogens is 244 g/mol. The molecule has 0 saturated carbocycles. The van der Waals surface area contributed by atoms with Gasteiger partial charge in [-0.1, -0.05) is 0 Å². The third-order valence-corrected chi connectivity index (χ3v) is 2.46. The Morgan fingerprint density at radius 3 is 2.71 bits per heavy atom. The fourth-order valence-electron chi connectivity index (χ4n) is 0.993. The van der Waals surface area contributed by atoms with Gasteiger partial charge in [-0.25, -0.2) is 13.1 Å². The minimum absolute atomic E-state index is 0.286. The lowest BCUT2D eigenvalue weighted by molar-refractivity contribution is 0.146. The molecule has 0 heterocycles. The zero-order valence-electron chi connectivity index (χ0n) is 10.4. The van der Waals surface area contributed by atoms with Gasteiger partial charge >= 0.3 is 0 Å². The topological polar surface area (TPSA) is 106 Å². The Morgan fingerprint density at radius 1 is 1.41 bits per heavy atom. The van der Waals surface area contributed by atoms with E-state index in [1.807, 2.05) is 6.92 Å². The molecule has 4 N–H and O–H groups in total. The average Bonchev–Trinajstić information content (AvgIpc) is 2.23. The lowest BCUT2D eigenvalue weighted by Crippen LogP contribution is -2.38. The predicted molar refractivity (Wildman–Crippen MR) is 68.4 cm³/mol. The number of aliphatic imine (C=N–C) groups is 1. The Labute approximate surface area is 103 Å². The summed E-state index contributed by atoms with van der Waals surface area (Å²) in [5.41, 5.74) is 5.56. The SMILES string of the molecule is CCOCCCN=C(N)NCCNS(C)(=O)=O. The van der Waals surface area contributed by atoms with Crippen LogP contribution in [-0.2, 0) is 14.8 Å². The third-order valence-electron chi connectivity index (χ3n) is 1.73. The minimum Gasteiger partial charge on any atom is -0.382 e. The van der Waals surface area contributed by atoms with Crippen LogP contribution in [0.25, 0.3) is 0 Å². The van der Waals surface area contributed by atoms with Gasteiger partial charge in [0.25, 0.3) is 0 Å². The second-order valence-corrected chi connectivity index (χ2v) is 5.24. The number of nitrogens with one attached hydrogen (secondary N) is 2. The van der Waals surface area contributed by atoms with Gasteiger partial charge in [0.15, 0.2) is 5.96 Å². The largest absolute Gasteiger partial charge is 0.382 e. The van der Waals surface area contributed by atoms with Gasteiger partial charge in [-0.05, 0) is 13.3 Å². The maximum atomic E-state index is 10.7. The van der Waals surface area contributed by atoms with E-state index in [9.17, 15) is 8.42 Å². The molecule has 7 nitrogen and oxygen atoms in total. The van der Waals surface area contributed by atoms with Crippen LogP contribution in [0.5, 0.6) is 0 Å². The third kappa shape index (κ3) is 13.1. The molecule has 0 aliphatic heterocycles. The normalized spacial score (nSPS) is 12.7. The highest BCUT2D eigenvalue weighted by Gasteiger charge is 1.98. The number of nitrogens with two attached hydrogens (primary N) is 1. The van der Waals surface area contributed by atoms with Crippen molar-refractivity contribution < 1.29 is 13.2 Å². The van der Waals surface area contributed by atoms with Crippen LogP contribution in [0.2, 0.25) is 0 Å². The van der Waals surface area contributed by atoms with Crippen molar-refractivity contribution >= 4 is 16.0 Å². The van der Waals surface area contributed by atoms with Crippen molar-refractivity contribution in [3.05, 3.63) is 0 Å². The van der Waals surface area contributed by atoms with Crippen molar-refractivity contribution in [3.63, 3.8) is 0 Å². The molecule has 0 rings (SSSR count). The second kappa shape index (κ2) is 9.20. The van der Waals surface area contributed by atoms with Gasteiger partial charge < -0.3 is 15.8 Å². The van der Waals surface area contributed by atoms with Gasteiger partial charge in [-0.2, -0.15) is 0 Å². The monoisotopic (exact) mass is 266 g/mol. The standard InChI is InChI=1S/C9H22N4O3S/c1-3-16-8-4-5-11-9(10)12-6-7-13-17(2,14)15/h13H,3-8H2,1-2H3,(H3,10,11,12). The average molecular weight is 266 g/mol. The maximum absolute atomic E-state index is 10.7. The van der Waals surface area contributed by atoms with E-state index in [1.165, 1.54) is 0 Å². The number of guanidine groups is 1. The number of ether oxygens (including phenoxy) is 1. The van der Waals surface area contributed by atoms with Gasteiger partial charge in [0.1, 0.15) is 0 Å². The molecule has 0 atom stereocenters. The summed E-state index contributed by atoms with van der Waals surface area (Å²) in [7, 11) is -3.14. The number of hydrogen-bond acceptors (Lipinski definition) is 4. The Hall–Kier alpha value is -0.860. The molecule has 0 aromatic heterocycles. The summed E-state index contributed by atoms with van der Waals surface area (Å²) >= 11 is 0. The molecule has 17 heavy (non-hydrogen) atoms. The van der Waals surface area contributed by atoms with E-state index in [-0.39, 0.29) is 6.54 Å². The molecule has 0 radical (unpaired) electrons. The summed E-state index contributed by atoms with van der Waals surface area (Å²) in [6.45, 7) is 4.60. The first-order chi connectivity index (χ1) is 7.95. The predicted octanol–water partition coefficient (Wildman–Crippen LogP) is -1.13. The van der Waals surface area contributed by atoms with E-state index in [1.54, 1.807) is 0 Å². The van der Waals surface area contributed by atoms with E-state index >= 15 is 0 Å². The zero-order chi connectivity index (χ0) is 13.1. The van der Waals surface area contributed by atoms with Gasteiger partial charge in [0.2, 0.25) is 10.0 Å². The molecule has 0 spiro atoms. The van der Waals surface area contributed by atoms with Gasteiger partial charge in [0.05, 0.1) is 6.26 Å². The van der Waals surface area contributed by atoms with E-state index in [2.05, 4.69) is 15.0 Å². The van der Waals surface area contributed by atoms with Crippen LogP contribution in [-0.4, -0.2) is 53.5 Å². The van der Waals surface area contributed by atoms with Gasteiger partial charge in [-0.3, -0.25) is 4.99 Å². The van der Waals surface area contributed by atoms with Crippen LogP contribution in [0.3, 0.4) is 0 Å². The summed E-state index contributed by atoms with van der Waals surface area (Å²) in [6.07, 6.45) is 1.93. The molecule has 0 aliphatic rings. The second-order valence-electron chi connectivity index (χ2n) is 3.41. The Kier molecular flexibility index (Phi) is 8.73. The van der Waals surface area contributed by atoms with Crippen molar-refractivity contribution in [1.82, 2.24) is 10.0 Å². The first kappa shape index (κ1) is 16.1. The van der Waals surface area contributed by atoms with E-state index in [0.29, 0.717) is 32.3 Å². The summed E-state index contributed by atoms with van der Waals surface area (Å²) in [5, 5.41) is 2.81. The summed E-state index contributed by atoms with van der Waals surface area (Å²) in [4.78, 5) is 4.06. The van der Waals surface area contributed by atoms with Gasteiger partial charge in [0, 0.05) is 32.8 Å². The van der Waals surface area contributed by atoms with Crippen molar-refractivity contribution in [2.45, 2.75) is 13.3 Å². The molecule has 0 fully saturated rings. The van der Waals surface area contributed by atoms with Crippen LogP contribution in [0.1, 0.15) is 13.3 Å². The zero-order valence-corrected chi connectivity index (χ0v) is 11.2. The first-order valence-corrected chi connectivity index (χ1v) is 7.41. The smallest absolute Gasteiger partial charge is 0.208 e. The van der Waals surface area contributed by atoms with Crippen LogP contribution >= 0.6 is 0 Å². The molecule has 8 heteroatoms. The summed E-state index contributed by atoms with van der Waals surface area (Å²) in [5.74, 6) is 0.316. The van der Waals surface area contributed by atoms with Crippen molar-refractivity contribution in [2.24, 2.45) is 10.7 Å². The van der Waals surface area contributed by atoms with E-state index in [0.717, 1.165) is 12.7 Å². The van der Waals surface area contributed by atoms with Crippen LogP contribution in [0.4, 0.5) is 0 Å². The lowest BCUT2D eigenvalue weighted by atomic mass is 10.4. The first-order valence-electron chi connectivity index (χ1n) is 5.52. The number of rotatable bonds is 9. The molecule has 0 saturated heterocycles. The molecular formula is C9H22N4O3S. The van der Waals surface area contributed by atoms with Crippen molar-refractivity contribution in [1.29, 1.82) is 0 Å². The molecule has 0 unspecified atom stereocenters. The molecule has 0 aromatic carbocycles. The van der Waals surface area contributed by atoms with Crippen LogP contribution < -0.4 is 15.8 Å².